The maximum absolute atomic E-state index is 6.12. The maximum atomic E-state index is 6.12. The molecular weight excluding hydrogens is 254 g/mol. The molecule has 0 fully saturated rings. The lowest BCUT2D eigenvalue weighted by Gasteiger charge is -2.21. The molecule has 2 aromatic rings. The average molecular weight is 274 g/mol. The van der Waals surface area contributed by atoms with Crippen molar-refractivity contribution in [1.29, 1.82) is 0 Å². The van der Waals surface area contributed by atoms with Crippen molar-refractivity contribution in [2.75, 3.05) is 6.54 Å². The highest BCUT2D eigenvalue weighted by Crippen LogP contribution is 2.27. The van der Waals surface area contributed by atoms with Crippen LogP contribution in [0.5, 0.6) is 0 Å². The van der Waals surface area contributed by atoms with Crippen LogP contribution in [0.15, 0.2) is 42.5 Å². The van der Waals surface area contributed by atoms with E-state index in [1.807, 2.05) is 18.2 Å². The van der Waals surface area contributed by atoms with Gasteiger partial charge in [-0.25, -0.2) is 0 Å². The van der Waals surface area contributed by atoms with Gasteiger partial charge in [-0.3, -0.25) is 0 Å². The third-order valence-electron chi connectivity index (χ3n) is 3.34. The first-order valence-corrected chi connectivity index (χ1v) is 7.05. The Bertz CT molecular complexity index is 563. The molecule has 19 heavy (non-hydrogen) atoms. The summed E-state index contributed by atoms with van der Waals surface area (Å²) in [4.78, 5) is 0. The van der Waals surface area contributed by atoms with Crippen molar-refractivity contribution < 1.29 is 0 Å². The van der Waals surface area contributed by atoms with E-state index in [4.69, 9.17) is 11.6 Å². The summed E-state index contributed by atoms with van der Waals surface area (Å²) < 4.78 is 0. The molecule has 0 aliphatic rings. The Hall–Kier alpha value is -1.31. The van der Waals surface area contributed by atoms with Gasteiger partial charge in [0.05, 0.1) is 6.04 Å². The standard InChI is InChI=1S/C17H20ClN/c1-4-19-17(14-6-5-7-15(18)11-14)16-10-12(2)8-9-13(16)3/h5-11,17,19H,4H2,1-3H3. The van der Waals surface area contributed by atoms with Gasteiger partial charge >= 0.3 is 0 Å². The van der Waals surface area contributed by atoms with Crippen molar-refractivity contribution in [2.24, 2.45) is 0 Å². The summed E-state index contributed by atoms with van der Waals surface area (Å²) >= 11 is 6.12. The number of hydrogen-bond acceptors (Lipinski definition) is 1. The van der Waals surface area contributed by atoms with Gasteiger partial charge in [-0.05, 0) is 49.2 Å². The second-order valence-electron chi connectivity index (χ2n) is 4.91. The lowest BCUT2D eigenvalue weighted by atomic mass is 9.93. The zero-order chi connectivity index (χ0) is 13.8. The van der Waals surface area contributed by atoms with Gasteiger partial charge in [0.15, 0.2) is 0 Å². The Labute approximate surface area is 120 Å². The molecule has 1 atom stereocenters. The molecule has 0 heterocycles. The van der Waals surface area contributed by atoms with Gasteiger partial charge < -0.3 is 5.32 Å². The minimum atomic E-state index is 0.198. The Kier molecular flexibility index (Phi) is 4.62. The fourth-order valence-electron chi connectivity index (χ4n) is 2.37. The van der Waals surface area contributed by atoms with E-state index < -0.39 is 0 Å². The van der Waals surface area contributed by atoms with Gasteiger partial charge in [-0.15, -0.1) is 0 Å². The van der Waals surface area contributed by atoms with Crippen LogP contribution in [0.2, 0.25) is 5.02 Å². The van der Waals surface area contributed by atoms with Crippen LogP contribution in [0.25, 0.3) is 0 Å². The molecule has 0 radical (unpaired) electrons. The van der Waals surface area contributed by atoms with Crippen LogP contribution < -0.4 is 5.32 Å². The molecule has 0 saturated carbocycles. The number of halogens is 1. The van der Waals surface area contributed by atoms with Crippen LogP contribution in [-0.4, -0.2) is 6.54 Å². The van der Waals surface area contributed by atoms with Crippen LogP contribution in [0.4, 0.5) is 0 Å². The van der Waals surface area contributed by atoms with Gasteiger partial charge in [0.1, 0.15) is 0 Å². The number of rotatable bonds is 4. The molecule has 2 heteroatoms. The van der Waals surface area contributed by atoms with Gasteiger partial charge in [0.25, 0.3) is 0 Å². The van der Waals surface area contributed by atoms with E-state index in [9.17, 15) is 0 Å². The summed E-state index contributed by atoms with van der Waals surface area (Å²) in [7, 11) is 0. The molecule has 0 aromatic heterocycles. The van der Waals surface area contributed by atoms with Crippen molar-refractivity contribution >= 4 is 11.6 Å². The molecule has 0 amide bonds. The van der Waals surface area contributed by atoms with Gasteiger partial charge in [0, 0.05) is 5.02 Å². The Balaban J connectivity index is 2.48. The van der Waals surface area contributed by atoms with Crippen LogP contribution in [-0.2, 0) is 0 Å². The summed E-state index contributed by atoms with van der Waals surface area (Å²) in [5.74, 6) is 0. The molecule has 0 bridgehead atoms. The zero-order valence-corrected chi connectivity index (χ0v) is 12.5. The minimum absolute atomic E-state index is 0.198. The Morgan fingerprint density at radius 2 is 1.89 bits per heavy atom. The summed E-state index contributed by atoms with van der Waals surface area (Å²) in [5.41, 5.74) is 5.12. The van der Waals surface area contributed by atoms with E-state index >= 15 is 0 Å². The normalized spacial score (nSPS) is 12.4. The van der Waals surface area contributed by atoms with Crippen molar-refractivity contribution in [1.82, 2.24) is 5.32 Å². The highest BCUT2D eigenvalue weighted by atomic mass is 35.5. The molecule has 2 aromatic carbocycles. The monoisotopic (exact) mass is 273 g/mol. The molecule has 0 aliphatic carbocycles. The van der Waals surface area contributed by atoms with Gasteiger partial charge in [-0.2, -0.15) is 0 Å². The highest BCUT2D eigenvalue weighted by Gasteiger charge is 2.15. The first kappa shape index (κ1) is 14.1. The summed E-state index contributed by atoms with van der Waals surface area (Å²) in [5, 5.41) is 4.33. The van der Waals surface area contributed by atoms with Crippen molar-refractivity contribution in [2.45, 2.75) is 26.8 Å². The second kappa shape index (κ2) is 6.23. The van der Waals surface area contributed by atoms with Crippen LogP contribution >= 0.6 is 11.6 Å². The molecule has 100 valence electrons. The Morgan fingerprint density at radius 3 is 2.58 bits per heavy atom. The third-order valence-corrected chi connectivity index (χ3v) is 3.57. The van der Waals surface area contributed by atoms with Crippen molar-refractivity contribution in [3.8, 4) is 0 Å². The fraction of sp³-hybridized carbons (Fsp3) is 0.294. The summed E-state index contributed by atoms with van der Waals surface area (Å²) in [6.45, 7) is 7.33. The van der Waals surface area contributed by atoms with Crippen LogP contribution in [0.3, 0.4) is 0 Å². The molecule has 1 N–H and O–H groups in total. The molecule has 2 rings (SSSR count). The highest BCUT2D eigenvalue weighted by molar-refractivity contribution is 6.30. The lowest BCUT2D eigenvalue weighted by Crippen LogP contribution is -2.22. The predicted molar refractivity (Wildman–Crippen MR) is 82.9 cm³/mol. The molecular formula is C17H20ClN. The Morgan fingerprint density at radius 1 is 1.11 bits per heavy atom. The van der Waals surface area contributed by atoms with E-state index in [1.165, 1.54) is 22.3 Å². The van der Waals surface area contributed by atoms with E-state index in [2.05, 4.69) is 50.4 Å². The maximum Gasteiger partial charge on any atom is 0.0579 e. The van der Waals surface area contributed by atoms with Crippen LogP contribution in [0, 0.1) is 13.8 Å². The third kappa shape index (κ3) is 3.37. The molecule has 0 aliphatic heterocycles. The second-order valence-corrected chi connectivity index (χ2v) is 5.34. The van der Waals surface area contributed by atoms with Gasteiger partial charge in [-0.1, -0.05) is 54.4 Å². The molecule has 0 spiro atoms. The topological polar surface area (TPSA) is 12.0 Å². The first-order chi connectivity index (χ1) is 9.11. The number of nitrogens with one attached hydrogen (secondary N) is 1. The fourth-order valence-corrected chi connectivity index (χ4v) is 2.57. The quantitative estimate of drug-likeness (QED) is 0.855. The number of aryl methyl sites for hydroxylation is 2. The van der Waals surface area contributed by atoms with E-state index in [-0.39, 0.29) is 6.04 Å². The van der Waals surface area contributed by atoms with Gasteiger partial charge in [0.2, 0.25) is 0 Å². The predicted octanol–water partition coefficient (Wildman–Crippen LogP) is 4.66. The number of benzene rings is 2. The lowest BCUT2D eigenvalue weighted by molar-refractivity contribution is 0.627. The molecule has 1 unspecified atom stereocenters. The van der Waals surface area contributed by atoms with Crippen molar-refractivity contribution in [3.05, 3.63) is 69.7 Å². The van der Waals surface area contributed by atoms with Crippen LogP contribution in [0.1, 0.15) is 35.2 Å². The molecule has 1 nitrogen and oxygen atoms in total. The largest absolute Gasteiger partial charge is 0.307 e. The van der Waals surface area contributed by atoms with Crippen molar-refractivity contribution in [3.63, 3.8) is 0 Å². The van der Waals surface area contributed by atoms with E-state index in [1.54, 1.807) is 0 Å². The summed E-state index contributed by atoms with van der Waals surface area (Å²) in [6.07, 6.45) is 0. The minimum Gasteiger partial charge on any atom is -0.307 e. The van der Waals surface area contributed by atoms with E-state index in [0.29, 0.717) is 0 Å². The average Bonchev–Trinajstić information content (AvgIpc) is 2.39. The van der Waals surface area contributed by atoms with E-state index in [0.717, 1.165) is 11.6 Å². The zero-order valence-electron chi connectivity index (χ0n) is 11.7. The SMILES string of the molecule is CCNC(c1cccc(Cl)c1)c1cc(C)ccc1C. The molecule has 0 saturated heterocycles. The summed E-state index contributed by atoms with van der Waals surface area (Å²) in [6, 6.07) is 14.9. The number of hydrogen-bond donors (Lipinski definition) is 1. The smallest absolute Gasteiger partial charge is 0.0579 e. The first-order valence-electron chi connectivity index (χ1n) is 6.68.